The van der Waals surface area contributed by atoms with Gasteiger partial charge in [-0.15, -0.1) is 0 Å². The number of nitriles is 1. The van der Waals surface area contributed by atoms with E-state index >= 15 is 0 Å². The van der Waals surface area contributed by atoms with Crippen molar-refractivity contribution in [3.63, 3.8) is 0 Å². The Bertz CT molecular complexity index is 572. The fourth-order valence-corrected chi connectivity index (χ4v) is 2.45. The number of nitrogens with zero attached hydrogens (tertiary/aromatic N) is 1. The standard InChI is InChI=1S/C19H28N2O3/c1-5-8-12-23-16-9-10-17(15(13-16)14-20)21-18(22)19(4,11-6-2)24-7-3/h9-10,13H,5-8,11-12H2,1-4H3,(H,21,22)/t19-/m1/s1. The molecule has 0 aliphatic rings. The van der Waals surface area contributed by atoms with Crippen molar-refractivity contribution < 1.29 is 14.3 Å². The largest absolute Gasteiger partial charge is 0.494 e. The molecule has 0 aromatic heterocycles. The lowest BCUT2D eigenvalue weighted by atomic mass is 9.98. The van der Waals surface area contributed by atoms with E-state index in [4.69, 9.17) is 9.47 Å². The van der Waals surface area contributed by atoms with Gasteiger partial charge in [0.25, 0.3) is 5.91 Å². The van der Waals surface area contributed by atoms with Crippen LogP contribution in [0.2, 0.25) is 0 Å². The number of hydrogen-bond donors (Lipinski definition) is 1. The van der Waals surface area contributed by atoms with E-state index in [1.54, 1.807) is 25.1 Å². The summed E-state index contributed by atoms with van der Waals surface area (Å²) in [6, 6.07) is 7.24. The number of anilines is 1. The third-order valence-corrected chi connectivity index (χ3v) is 3.80. The fourth-order valence-electron chi connectivity index (χ4n) is 2.45. The number of hydrogen-bond acceptors (Lipinski definition) is 4. The van der Waals surface area contributed by atoms with Gasteiger partial charge in [-0.1, -0.05) is 26.7 Å². The molecule has 132 valence electrons. The maximum Gasteiger partial charge on any atom is 0.256 e. The number of ether oxygens (including phenoxy) is 2. The summed E-state index contributed by atoms with van der Waals surface area (Å²) in [5.74, 6) is 0.404. The van der Waals surface area contributed by atoms with Crippen molar-refractivity contribution in [1.29, 1.82) is 5.26 Å². The third-order valence-electron chi connectivity index (χ3n) is 3.80. The molecule has 1 aromatic rings. The predicted molar refractivity (Wildman–Crippen MR) is 95.1 cm³/mol. The number of rotatable bonds is 10. The van der Waals surface area contributed by atoms with Crippen LogP contribution < -0.4 is 10.1 Å². The van der Waals surface area contributed by atoms with Crippen LogP contribution in [0.3, 0.4) is 0 Å². The molecule has 1 aromatic carbocycles. The van der Waals surface area contributed by atoms with E-state index in [2.05, 4.69) is 18.3 Å². The van der Waals surface area contributed by atoms with Gasteiger partial charge in [0.15, 0.2) is 0 Å². The number of carbonyl (C=O) groups excluding carboxylic acids is 1. The van der Waals surface area contributed by atoms with Crippen LogP contribution in [-0.4, -0.2) is 24.7 Å². The van der Waals surface area contributed by atoms with Crippen LogP contribution in [0.5, 0.6) is 5.75 Å². The molecule has 0 bridgehead atoms. The normalized spacial score (nSPS) is 13.0. The van der Waals surface area contributed by atoms with E-state index < -0.39 is 5.60 Å². The zero-order valence-electron chi connectivity index (χ0n) is 15.1. The lowest BCUT2D eigenvalue weighted by molar-refractivity contribution is -0.139. The highest BCUT2D eigenvalue weighted by molar-refractivity contribution is 5.98. The lowest BCUT2D eigenvalue weighted by Gasteiger charge is -2.28. The molecule has 5 nitrogen and oxygen atoms in total. The predicted octanol–water partition coefficient (Wildman–Crippen LogP) is 4.27. The minimum atomic E-state index is -0.896. The van der Waals surface area contributed by atoms with Gasteiger partial charge in [0.2, 0.25) is 0 Å². The van der Waals surface area contributed by atoms with Crippen LogP contribution in [0.1, 0.15) is 58.9 Å². The molecule has 0 saturated carbocycles. The molecule has 24 heavy (non-hydrogen) atoms. The molecule has 0 spiro atoms. The van der Waals surface area contributed by atoms with Gasteiger partial charge in [-0.25, -0.2) is 0 Å². The fraction of sp³-hybridized carbons (Fsp3) is 0.579. The molecule has 1 N–H and O–H groups in total. The van der Waals surface area contributed by atoms with Gasteiger partial charge in [0.05, 0.1) is 17.9 Å². The van der Waals surface area contributed by atoms with E-state index in [-0.39, 0.29) is 5.91 Å². The van der Waals surface area contributed by atoms with Crippen LogP contribution in [0.15, 0.2) is 18.2 Å². The average molecular weight is 332 g/mol. The van der Waals surface area contributed by atoms with E-state index in [9.17, 15) is 10.1 Å². The Morgan fingerprint density at radius 2 is 2.04 bits per heavy atom. The maximum absolute atomic E-state index is 12.6. The van der Waals surface area contributed by atoms with E-state index in [0.29, 0.717) is 36.6 Å². The first kappa shape index (κ1) is 20.0. The quantitative estimate of drug-likeness (QED) is 0.649. The SMILES string of the molecule is CCCCOc1ccc(NC(=O)[C@@](C)(CCC)OCC)c(C#N)c1. The molecule has 0 radical (unpaired) electrons. The first-order chi connectivity index (χ1) is 11.5. The van der Waals surface area contributed by atoms with Crippen molar-refractivity contribution in [2.75, 3.05) is 18.5 Å². The highest BCUT2D eigenvalue weighted by Gasteiger charge is 2.33. The Kier molecular flexibility index (Phi) is 8.28. The van der Waals surface area contributed by atoms with Gasteiger partial charge in [-0.2, -0.15) is 5.26 Å². The molecular weight excluding hydrogens is 304 g/mol. The monoisotopic (exact) mass is 332 g/mol. The summed E-state index contributed by atoms with van der Waals surface area (Å²) >= 11 is 0. The summed E-state index contributed by atoms with van der Waals surface area (Å²) in [6.45, 7) is 8.82. The molecule has 0 aliphatic carbocycles. The topological polar surface area (TPSA) is 71.3 Å². The molecular formula is C19H28N2O3. The maximum atomic E-state index is 12.6. The summed E-state index contributed by atoms with van der Waals surface area (Å²) in [5, 5.41) is 12.2. The number of amides is 1. The second-order valence-corrected chi connectivity index (χ2v) is 5.89. The van der Waals surface area contributed by atoms with E-state index in [1.165, 1.54) is 0 Å². The zero-order chi connectivity index (χ0) is 18.0. The lowest BCUT2D eigenvalue weighted by Crippen LogP contribution is -2.42. The van der Waals surface area contributed by atoms with Crippen LogP contribution in [0.25, 0.3) is 0 Å². The molecule has 0 unspecified atom stereocenters. The second-order valence-electron chi connectivity index (χ2n) is 5.89. The molecule has 0 heterocycles. The second kappa shape index (κ2) is 9.94. The van der Waals surface area contributed by atoms with Crippen LogP contribution in [-0.2, 0) is 9.53 Å². The van der Waals surface area contributed by atoms with Gasteiger partial charge in [-0.05, 0) is 44.9 Å². The Morgan fingerprint density at radius 3 is 2.62 bits per heavy atom. The first-order valence-corrected chi connectivity index (χ1v) is 8.63. The number of carbonyl (C=O) groups is 1. The van der Waals surface area contributed by atoms with Crippen molar-refractivity contribution in [2.24, 2.45) is 0 Å². The third kappa shape index (κ3) is 5.54. The number of benzene rings is 1. The minimum absolute atomic E-state index is 0.234. The van der Waals surface area contributed by atoms with Crippen molar-refractivity contribution in [2.45, 2.75) is 59.0 Å². The van der Waals surface area contributed by atoms with Gasteiger partial charge in [0.1, 0.15) is 17.4 Å². The van der Waals surface area contributed by atoms with Gasteiger partial charge in [0, 0.05) is 6.61 Å². The van der Waals surface area contributed by atoms with Crippen LogP contribution in [0.4, 0.5) is 5.69 Å². The first-order valence-electron chi connectivity index (χ1n) is 8.63. The number of unbranched alkanes of at least 4 members (excludes halogenated alkanes) is 1. The average Bonchev–Trinajstić information content (AvgIpc) is 2.56. The van der Waals surface area contributed by atoms with Gasteiger partial charge >= 0.3 is 0 Å². The molecule has 5 heteroatoms. The van der Waals surface area contributed by atoms with Crippen molar-refractivity contribution >= 4 is 11.6 Å². The summed E-state index contributed by atoms with van der Waals surface area (Å²) < 4.78 is 11.3. The highest BCUT2D eigenvalue weighted by atomic mass is 16.5. The summed E-state index contributed by atoms with van der Waals surface area (Å²) in [4.78, 5) is 12.6. The van der Waals surface area contributed by atoms with Crippen molar-refractivity contribution in [3.05, 3.63) is 23.8 Å². The molecule has 0 fully saturated rings. The minimum Gasteiger partial charge on any atom is -0.494 e. The van der Waals surface area contributed by atoms with Gasteiger partial charge in [-0.3, -0.25) is 4.79 Å². The molecule has 0 saturated heterocycles. The Balaban J connectivity index is 2.89. The molecule has 1 amide bonds. The highest BCUT2D eigenvalue weighted by Crippen LogP contribution is 2.25. The van der Waals surface area contributed by atoms with Crippen LogP contribution in [0, 0.1) is 11.3 Å². The number of nitrogens with one attached hydrogen (secondary N) is 1. The van der Waals surface area contributed by atoms with Crippen LogP contribution >= 0.6 is 0 Å². The van der Waals surface area contributed by atoms with Gasteiger partial charge < -0.3 is 14.8 Å². The Hall–Kier alpha value is -2.06. The smallest absolute Gasteiger partial charge is 0.256 e. The van der Waals surface area contributed by atoms with Crippen molar-refractivity contribution in [1.82, 2.24) is 0 Å². The molecule has 1 atom stereocenters. The zero-order valence-corrected chi connectivity index (χ0v) is 15.1. The van der Waals surface area contributed by atoms with E-state index in [0.717, 1.165) is 19.3 Å². The Morgan fingerprint density at radius 1 is 1.29 bits per heavy atom. The van der Waals surface area contributed by atoms with Crippen molar-refractivity contribution in [3.8, 4) is 11.8 Å². The summed E-state index contributed by atoms with van der Waals surface area (Å²) in [6.07, 6.45) is 3.46. The molecule has 0 aliphatic heterocycles. The molecule has 1 rings (SSSR count). The summed E-state index contributed by atoms with van der Waals surface area (Å²) in [7, 11) is 0. The summed E-state index contributed by atoms with van der Waals surface area (Å²) in [5.41, 5.74) is -0.0351. The Labute approximate surface area is 145 Å². The van der Waals surface area contributed by atoms with E-state index in [1.807, 2.05) is 13.8 Å².